The number of rotatable bonds is 6. The van der Waals surface area contributed by atoms with Crippen LogP contribution in [0.2, 0.25) is 0 Å². The van der Waals surface area contributed by atoms with Crippen molar-refractivity contribution in [2.24, 2.45) is 11.8 Å². The minimum atomic E-state index is -0.992. The third-order valence-electron chi connectivity index (χ3n) is 5.78. The monoisotopic (exact) mass is 373 g/mol. The summed E-state index contributed by atoms with van der Waals surface area (Å²) < 4.78 is 24.1. The summed E-state index contributed by atoms with van der Waals surface area (Å²) >= 11 is 0. The van der Waals surface area contributed by atoms with Gasteiger partial charge in [0.25, 0.3) is 0 Å². The van der Waals surface area contributed by atoms with Gasteiger partial charge in [0.15, 0.2) is 0 Å². The molecule has 4 rings (SSSR count). The van der Waals surface area contributed by atoms with Gasteiger partial charge in [-0.3, -0.25) is 0 Å². The van der Waals surface area contributed by atoms with Crippen molar-refractivity contribution in [3.05, 3.63) is 40.9 Å². The highest BCUT2D eigenvalue weighted by Gasteiger charge is 2.66. The van der Waals surface area contributed by atoms with Crippen LogP contribution < -0.4 is 4.90 Å². The summed E-state index contributed by atoms with van der Waals surface area (Å²) in [6.07, 6.45) is 1.32. The van der Waals surface area contributed by atoms with Gasteiger partial charge in [0, 0.05) is 43.1 Å². The standard InChI is InChI=1S/C20H24FN3O3/c1-4-16-12(8-13-9-17(27-23-13)19(25)26-5-2)6-7-18(22-16)24-10-14-15(11-24)20(14,3)21/h6-7,9,14-15H,4-5,8,10-11H2,1-3H3. The van der Waals surface area contributed by atoms with E-state index in [1.807, 2.05) is 12.1 Å². The van der Waals surface area contributed by atoms with Crippen LogP contribution in [0, 0.1) is 11.8 Å². The van der Waals surface area contributed by atoms with E-state index in [0.29, 0.717) is 18.7 Å². The van der Waals surface area contributed by atoms with E-state index in [0.717, 1.165) is 36.6 Å². The lowest BCUT2D eigenvalue weighted by atomic mass is 10.1. The Hall–Kier alpha value is -2.44. The van der Waals surface area contributed by atoms with Crippen molar-refractivity contribution in [2.45, 2.75) is 39.3 Å². The van der Waals surface area contributed by atoms with Gasteiger partial charge in [0.1, 0.15) is 11.5 Å². The average molecular weight is 373 g/mol. The molecule has 144 valence electrons. The van der Waals surface area contributed by atoms with Crippen LogP contribution in [0.15, 0.2) is 22.7 Å². The number of aromatic nitrogens is 2. The van der Waals surface area contributed by atoms with Crippen molar-refractivity contribution in [1.82, 2.24) is 10.1 Å². The number of nitrogens with zero attached hydrogens (tertiary/aromatic N) is 3. The molecular formula is C20H24FN3O3. The maximum atomic E-state index is 14.1. The van der Waals surface area contributed by atoms with Crippen molar-refractivity contribution >= 4 is 11.8 Å². The predicted molar refractivity (Wildman–Crippen MR) is 97.6 cm³/mol. The molecule has 0 aromatic carbocycles. The normalized spacial score (nSPS) is 26.1. The number of fused-ring (bicyclic) bond motifs is 1. The van der Waals surface area contributed by atoms with E-state index in [9.17, 15) is 9.18 Å². The Balaban J connectivity index is 1.47. The highest BCUT2D eigenvalue weighted by Crippen LogP contribution is 2.58. The summed E-state index contributed by atoms with van der Waals surface area (Å²) in [5.41, 5.74) is 1.70. The first kappa shape index (κ1) is 17.9. The van der Waals surface area contributed by atoms with Gasteiger partial charge in [0.05, 0.1) is 12.3 Å². The number of aryl methyl sites for hydroxylation is 1. The lowest BCUT2D eigenvalue weighted by Crippen LogP contribution is -2.28. The molecule has 1 saturated heterocycles. The molecule has 2 fully saturated rings. The minimum absolute atomic E-state index is 0.111. The molecule has 2 aromatic heterocycles. The average Bonchev–Trinajstić information content (AvgIpc) is 3.11. The van der Waals surface area contributed by atoms with Gasteiger partial charge < -0.3 is 14.2 Å². The van der Waals surface area contributed by atoms with Crippen molar-refractivity contribution in [1.29, 1.82) is 0 Å². The number of pyridine rings is 1. The molecule has 27 heavy (non-hydrogen) atoms. The molecule has 2 aliphatic rings. The molecule has 2 atom stereocenters. The summed E-state index contributed by atoms with van der Waals surface area (Å²) in [4.78, 5) is 18.7. The number of halogens is 1. The van der Waals surface area contributed by atoms with Crippen molar-refractivity contribution in [3.63, 3.8) is 0 Å². The van der Waals surface area contributed by atoms with Gasteiger partial charge in [0.2, 0.25) is 5.76 Å². The second-order valence-corrected chi connectivity index (χ2v) is 7.48. The number of anilines is 1. The van der Waals surface area contributed by atoms with Crippen LogP contribution >= 0.6 is 0 Å². The molecule has 0 bridgehead atoms. The number of piperidine rings is 1. The lowest BCUT2D eigenvalue weighted by Gasteiger charge is -2.23. The molecule has 0 N–H and O–H groups in total. The zero-order chi connectivity index (χ0) is 19.2. The van der Waals surface area contributed by atoms with E-state index in [2.05, 4.69) is 17.0 Å². The maximum absolute atomic E-state index is 14.1. The molecule has 7 heteroatoms. The second-order valence-electron chi connectivity index (χ2n) is 7.48. The number of hydrogen-bond acceptors (Lipinski definition) is 6. The number of ether oxygens (including phenoxy) is 1. The second kappa shape index (κ2) is 6.62. The molecule has 2 aromatic rings. The van der Waals surface area contributed by atoms with Crippen molar-refractivity contribution < 1.29 is 18.4 Å². The quantitative estimate of drug-likeness (QED) is 0.725. The van der Waals surface area contributed by atoms with E-state index in [-0.39, 0.29) is 17.6 Å². The smallest absolute Gasteiger partial charge is 0.377 e. The Morgan fingerprint density at radius 2 is 2.11 bits per heavy atom. The molecule has 2 unspecified atom stereocenters. The van der Waals surface area contributed by atoms with E-state index in [1.165, 1.54) is 0 Å². The minimum Gasteiger partial charge on any atom is -0.460 e. The van der Waals surface area contributed by atoms with Crippen LogP contribution in [-0.4, -0.2) is 41.5 Å². The number of carbonyl (C=O) groups excluding carboxylic acids is 1. The molecule has 0 radical (unpaired) electrons. The first-order chi connectivity index (χ1) is 12.9. The Kier molecular flexibility index (Phi) is 4.40. The van der Waals surface area contributed by atoms with Crippen LogP contribution in [0.5, 0.6) is 0 Å². The van der Waals surface area contributed by atoms with E-state index >= 15 is 0 Å². The largest absolute Gasteiger partial charge is 0.460 e. The van der Waals surface area contributed by atoms with Crippen LogP contribution in [0.25, 0.3) is 0 Å². The van der Waals surface area contributed by atoms with E-state index < -0.39 is 11.6 Å². The zero-order valence-corrected chi connectivity index (χ0v) is 15.9. The molecule has 1 saturated carbocycles. The third-order valence-corrected chi connectivity index (χ3v) is 5.78. The summed E-state index contributed by atoms with van der Waals surface area (Å²) in [7, 11) is 0. The first-order valence-electron chi connectivity index (χ1n) is 9.49. The Morgan fingerprint density at radius 1 is 1.37 bits per heavy atom. The van der Waals surface area contributed by atoms with Crippen LogP contribution in [0.1, 0.15) is 48.3 Å². The zero-order valence-electron chi connectivity index (χ0n) is 15.9. The van der Waals surface area contributed by atoms with E-state index in [1.54, 1.807) is 19.9 Å². The molecule has 1 aliphatic heterocycles. The maximum Gasteiger partial charge on any atom is 0.377 e. The van der Waals surface area contributed by atoms with Gasteiger partial charge in [-0.05, 0) is 31.9 Å². The molecule has 0 spiro atoms. The lowest BCUT2D eigenvalue weighted by molar-refractivity contribution is 0.0479. The number of esters is 1. The van der Waals surface area contributed by atoms with Crippen LogP contribution in [-0.2, 0) is 17.6 Å². The Bertz CT molecular complexity index is 850. The number of hydrogen-bond donors (Lipinski definition) is 0. The topological polar surface area (TPSA) is 68.5 Å². The summed E-state index contributed by atoms with van der Waals surface area (Å²) in [5.74, 6) is 0.792. The fraction of sp³-hybridized carbons (Fsp3) is 0.550. The highest BCUT2D eigenvalue weighted by atomic mass is 19.1. The summed E-state index contributed by atoms with van der Waals surface area (Å²) in [5, 5.41) is 3.97. The van der Waals surface area contributed by atoms with Crippen molar-refractivity contribution in [3.8, 4) is 0 Å². The van der Waals surface area contributed by atoms with Crippen molar-refractivity contribution in [2.75, 3.05) is 24.6 Å². The Labute approximate surface area is 157 Å². The molecule has 1 aliphatic carbocycles. The first-order valence-corrected chi connectivity index (χ1v) is 9.49. The van der Waals surface area contributed by atoms with Gasteiger partial charge in [-0.15, -0.1) is 0 Å². The fourth-order valence-electron chi connectivity index (χ4n) is 4.06. The Morgan fingerprint density at radius 3 is 2.78 bits per heavy atom. The van der Waals surface area contributed by atoms with Gasteiger partial charge in [-0.1, -0.05) is 18.1 Å². The van der Waals surface area contributed by atoms with Gasteiger partial charge in [-0.25, -0.2) is 14.2 Å². The predicted octanol–water partition coefficient (Wildman–Crippen LogP) is 3.19. The fourth-order valence-corrected chi connectivity index (χ4v) is 4.06. The molecule has 3 heterocycles. The highest BCUT2D eigenvalue weighted by molar-refractivity contribution is 5.86. The summed E-state index contributed by atoms with van der Waals surface area (Å²) in [6.45, 7) is 7.27. The SMILES string of the molecule is CCOC(=O)c1cc(Cc2ccc(N3CC4C(C3)C4(C)F)nc2CC)no1. The van der Waals surface area contributed by atoms with Gasteiger partial charge in [-0.2, -0.15) is 0 Å². The molecule has 6 nitrogen and oxygen atoms in total. The van der Waals surface area contributed by atoms with Gasteiger partial charge >= 0.3 is 5.97 Å². The third kappa shape index (κ3) is 3.19. The summed E-state index contributed by atoms with van der Waals surface area (Å²) in [6, 6.07) is 5.64. The van der Waals surface area contributed by atoms with E-state index in [4.69, 9.17) is 14.2 Å². The number of alkyl halides is 1. The molecular weight excluding hydrogens is 349 g/mol. The number of carbonyl (C=O) groups is 1. The van der Waals surface area contributed by atoms with Crippen LogP contribution in [0.3, 0.4) is 0 Å². The molecule has 0 amide bonds. The van der Waals surface area contributed by atoms with Crippen LogP contribution in [0.4, 0.5) is 10.2 Å².